The molecule has 0 saturated carbocycles. The topological polar surface area (TPSA) is 38.0 Å². The van der Waals surface area contributed by atoms with Crippen molar-refractivity contribution in [3.05, 3.63) is 59.8 Å². The molecule has 19 heavy (non-hydrogen) atoms. The highest BCUT2D eigenvalue weighted by Gasteiger charge is 2.26. The van der Waals surface area contributed by atoms with E-state index >= 15 is 0 Å². The first kappa shape index (κ1) is 13.9. The van der Waals surface area contributed by atoms with E-state index in [1.165, 1.54) is 5.56 Å². The number of nitrogens with two attached hydrogens (primary N) is 1. The highest BCUT2D eigenvalue weighted by atomic mass is 15.0. The molecule has 0 bridgehead atoms. The third kappa shape index (κ3) is 3.97. The van der Waals surface area contributed by atoms with Crippen LogP contribution in [0, 0.1) is 0 Å². The van der Waals surface area contributed by atoms with Crippen molar-refractivity contribution >= 4 is 0 Å². The summed E-state index contributed by atoms with van der Waals surface area (Å²) in [6.07, 6.45) is 10.6. The number of benzene rings is 1. The quantitative estimate of drug-likeness (QED) is 0.767. The average molecular weight is 256 g/mol. The Labute approximate surface area is 116 Å². The van der Waals surface area contributed by atoms with E-state index in [9.17, 15) is 0 Å². The number of allylic oxidation sites excluding steroid dienone is 2. The molecule has 0 amide bonds. The van der Waals surface area contributed by atoms with Crippen LogP contribution in [-0.4, -0.2) is 12.1 Å². The molecule has 0 aliphatic heterocycles. The van der Waals surface area contributed by atoms with Crippen LogP contribution in [0.1, 0.15) is 31.7 Å². The van der Waals surface area contributed by atoms with Gasteiger partial charge in [0.1, 0.15) is 0 Å². The lowest BCUT2D eigenvalue weighted by Crippen LogP contribution is -2.45. The molecule has 2 nitrogen and oxygen atoms in total. The summed E-state index contributed by atoms with van der Waals surface area (Å²) in [5.74, 6) is 0. The first-order valence-corrected chi connectivity index (χ1v) is 7.17. The molecule has 0 saturated heterocycles. The molecule has 102 valence electrons. The molecule has 1 unspecified atom stereocenters. The molecule has 0 spiro atoms. The smallest absolute Gasteiger partial charge is 0.0419 e. The third-order valence-electron chi connectivity index (χ3n) is 3.84. The van der Waals surface area contributed by atoms with Gasteiger partial charge in [-0.2, -0.15) is 0 Å². The van der Waals surface area contributed by atoms with Crippen LogP contribution in [0.15, 0.2) is 54.3 Å². The highest BCUT2D eigenvalue weighted by Crippen LogP contribution is 2.24. The lowest BCUT2D eigenvalue weighted by atomic mass is 9.86. The van der Waals surface area contributed by atoms with Crippen molar-refractivity contribution in [2.24, 2.45) is 5.73 Å². The van der Waals surface area contributed by atoms with Gasteiger partial charge >= 0.3 is 0 Å². The van der Waals surface area contributed by atoms with Crippen molar-refractivity contribution in [1.82, 2.24) is 5.32 Å². The van der Waals surface area contributed by atoms with Crippen molar-refractivity contribution in [3.63, 3.8) is 0 Å². The zero-order valence-electron chi connectivity index (χ0n) is 11.7. The van der Waals surface area contributed by atoms with Crippen LogP contribution in [-0.2, 0) is 6.42 Å². The molecule has 0 fully saturated rings. The predicted octanol–water partition coefficient (Wildman–Crippen LogP) is 3.16. The predicted molar refractivity (Wildman–Crippen MR) is 81.8 cm³/mol. The Balaban J connectivity index is 1.78. The Morgan fingerprint density at radius 1 is 1.26 bits per heavy atom. The van der Waals surface area contributed by atoms with Gasteiger partial charge in [0.25, 0.3) is 0 Å². The van der Waals surface area contributed by atoms with Gasteiger partial charge in [0.05, 0.1) is 0 Å². The van der Waals surface area contributed by atoms with Crippen LogP contribution in [0.4, 0.5) is 0 Å². The Morgan fingerprint density at radius 3 is 2.74 bits per heavy atom. The second kappa shape index (κ2) is 6.58. The molecule has 1 atom stereocenters. The molecule has 0 aromatic heterocycles. The van der Waals surface area contributed by atoms with Crippen LogP contribution >= 0.6 is 0 Å². The van der Waals surface area contributed by atoms with E-state index in [2.05, 4.69) is 54.7 Å². The van der Waals surface area contributed by atoms with E-state index in [1.54, 1.807) is 0 Å². The number of hydrogen-bond donors (Lipinski definition) is 2. The number of nitrogens with one attached hydrogen (secondary N) is 1. The van der Waals surface area contributed by atoms with E-state index in [0.29, 0.717) is 0 Å². The summed E-state index contributed by atoms with van der Waals surface area (Å²) < 4.78 is 0. The van der Waals surface area contributed by atoms with E-state index in [1.807, 2.05) is 6.08 Å². The number of aryl methyl sites for hydroxylation is 1. The van der Waals surface area contributed by atoms with Gasteiger partial charge in [-0.1, -0.05) is 49.4 Å². The van der Waals surface area contributed by atoms with Gasteiger partial charge in [0.2, 0.25) is 0 Å². The number of rotatable bonds is 6. The fourth-order valence-corrected chi connectivity index (χ4v) is 2.60. The van der Waals surface area contributed by atoms with Crippen molar-refractivity contribution in [2.45, 2.75) is 38.1 Å². The minimum Gasteiger partial charge on any atom is -0.402 e. The van der Waals surface area contributed by atoms with Crippen LogP contribution in [0.5, 0.6) is 0 Å². The Bertz CT molecular complexity index is 448. The SMILES string of the molecule is CCC1(NCCCc2ccccc2)C=CC=C(N)C1. The van der Waals surface area contributed by atoms with Crippen molar-refractivity contribution in [2.75, 3.05) is 6.54 Å². The summed E-state index contributed by atoms with van der Waals surface area (Å²) in [5.41, 5.74) is 8.40. The van der Waals surface area contributed by atoms with Crippen LogP contribution in [0.3, 0.4) is 0 Å². The summed E-state index contributed by atoms with van der Waals surface area (Å²) in [7, 11) is 0. The monoisotopic (exact) mass is 256 g/mol. The van der Waals surface area contributed by atoms with Crippen LogP contribution in [0.2, 0.25) is 0 Å². The minimum absolute atomic E-state index is 0.0650. The van der Waals surface area contributed by atoms with Gasteiger partial charge in [0, 0.05) is 17.7 Å². The molecule has 1 aromatic carbocycles. The molecule has 3 N–H and O–H groups in total. The summed E-state index contributed by atoms with van der Waals surface area (Å²) in [4.78, 5) is 0. The Morgan fingerprint density at radius 2 is 2.05 bits per heavy atom. The molecule has 2 heteroatoms. The average Bonchev–Trinajstić information content (AvgIpc) is 2.45. The highest BCUT2D eigenvalue weighted by molar-refractivity contribution is 5.25. The van der Waals surface area contributed by atoms with Gasteiger partial charge in [-0.15, -0.1) is 0 Å². The maximum absolute atomic E-state index is 5.95. The zero-order chi connectivity index (χ0) is 13.6. The Kier molecular flexibility index (Phi) is 4.80. The van der Waals surface area contributed by atoms with Crippen molar-refractivity contribution in [1.29, 1.82) is 0 Å². The van der Waals surface area contributed by atoms with E-state index < -0.39 is 0 Å². The summed E-state index contributed by atoms with van der Waals surface area (Å²) >= 11 is 0. The molecule has 0 radical (unpaired) electrons. The molecular weight excluding hydrogens is 232 g/mol. The normalized spacial score (nSPS) is 22.3. The first-order chi connectivity index (χ1) is 9.24. The third-order valence-corrected chi connectivity index (χ3v) is 3.84. The summed E-state index contributed by atoms with van der Waals surface area (Å²) in [6, 6.07) is 10.7. The standard InChI is InChI=1S/C17H24N2/c1-2-17(12-6-11-16(18)14-17)19-13-7-10-15-8-4-3-5-9-15/h3-6,8-9,11-12,19H,2,7,10,13-14,18H2,1H3. The number of hydrogen-bond acceptors (Lipinski definition) is 2. The van der Waals surface area contributed by atoms with Gasteiger partial charge in [-0.05, 0) is 37.4 Å². The van der Waals surface area contributed by atoms with Crippen LogP contribution in [0.25, 0.3) is 0 Å². The first-order valence-electron chi connectivity index (χ1n) is 7.17. The second-order valence-electron chi connectivity index (χ2n) is 5.30. The van der Waals surface area contributed by atoms with Gasteiger partial charge in [0.15, 0.2) is 0 Å². The van der Waals surface area contributed by atoms with E-state index in [4.69, 9.17) is 5.73 Å². The van der Waals surface area contributed by atoms with Crippen molar-refractivity contribution in [3.8, 4) is 0 Å². The van der Waals surface area contributed by atoms with Gasteiger partial charge in [-0.25, -0.2) is 0 Å². The zero-order valence-corrected chi connectivity index (χ0v) is 11.7. The minimum atomic E-state index is 0.0650. The van der Waals surface area contributed by atoms with E-state index in [-0.39, 0.29) is 5.54 Å². The van der Waals surface area contributed by atoms with Gasteiger partial charge in [-0.3, -0.25) is 0 Å². The maximum atomic E-state index is 5.95. The van der Waals surface area contributed by atoms with Crippen LogP contribution < -0.4 is 11.1 Å². The molecular formula is C17H24N2. The molecule has 1 aliphatic rings. The summed E-state index contributed by atoms with van der Waals surface area (Å²) in [5, 5.41) is 3.68. The molecule has 2 rings (SSSR count). The fraction of sp³-hybridized carbons (Fsp3) is 0.412. The largest absolute Gasteiger partial charge is 0.402 e. The maximum Gasteiger partial charge on any atom is 0.0419 e. The molecule has 0 heterocycles. The van der Waals surface area contributed by atoms with Gasteiger partial charge < -0.3 is 11.1 Å². The molecule has 1 aromatic rings. The lowest BCUT2D eigenvalue weighted by Gasteiger charge is -2.33. The Hall–Kier alpha value is -1.54. The summed E-state index contributed by atoms with van der Waals surface area (Å²) in [6.45, 7) is 3.24. The molecule has 1 aliphatic carbocycles. The fourth-order valence-electron chi connectivity index (χ4n) is 2.60. The van der Waals surface area contributed by atoms with Crippen molar-refractivity contribution < 1.29 is 0 Å². The second-order valence-corrected chi connectivity index (χ2v) is 5.30. The lowest BCUT2D eigenvalue weighted by molar-refractivity contribution is 0.378. The van der Waals surface area contributed by atoms with E-state index in [0.717, 1.165) is 37.9 Å².